The predicted octanol–water partition coefficient (Wildman–Crippen LogP) is 2.31. The molecule has 1 aromatic rings. The van der Waals surface area contributed by atoms with Gasteiger partial charge in [-0.25, -0.2) is 0 Å². The molecule has 20 heavy (non-hydrogen) atoms. The second-order valence-corrected chi connectivity index (χ2v) is 5.71. The minimum atomic E-state index is -0.742. The second-order valence-electron chi connectivity index (χ2n) is 5.71. The van der Waals surface area contributed by atoms with Crippen molar-refractivity contribution in [2.75, 3.05) is 6.54 Å². The number of rotatable bonds is 3. The molecule has 0 aromatic heterocycles. The lowest BCUT2D eigenvalue weighted by atomic mass is 9.84. The number of carbonyl (C=O) groups excluding carboxylic acids is 1. The lowest BCUT2D eigenvalue weighted by Gasteiger charge is -2.26. The molecule has 0 aliphatic carbocycles. The number of nitrogens with one attached hydrogen (secondary N) is 2. The lowest BCUT2D eigenvalue weighted by molar-refractivity contribution is -0.123. The Kier molecular flexibility index (Phi) is 3.84. The summed E-state index contributed by atoms with van der Waals surface area (Å²) in [6.07, 6.45) is 0.959. The fourth-order valence-electron chi connectivity index (χ4n) is 3.00. The van der Waals surface area contributed by atoms with Gasteiger partial charge in [-0.05, 0) is 50.8 Å². The van der Waals surface area contributed by atoms with Gasteiger partial charge >= 0.3 is 0 Å². The van der Waals surface area contributed by atoms with E-state index in [2.05, 4.69) is 55.5 Å². The van der Waals surface area contributed by atoms with E-state index in [0.717, 1.165) is 23.1 Å². The molecule has 2 rings (SSSR count). The van der Waals surface area contributed by atoms with Gasteiger partial charge in [0.15, 0.2) is 5.96 Å². The van der Waals surface area contributed by atoms with E-state index in [1.807, 2.05) is 6.92 Å². The Balaban J connectivity index is 2.44. The Morgan fingerprint density at radius 1 is 1.20 bits per heavy atom. The molecular formula is C16H23N3O. The Bertz CT molecular complexity index is 554. The van der Waals surface area contributed by atoms with E-state index in [4.69, 9.17) is 0 Å². The summed E-state index contributed by atoms with van der Waals surface area (Å²) in [5.74, 6) is 0.543. The first-order valence-electron chi connectivity index (χ1n) is 7.11. The zero-order chi connectivity index (χ0) is 14.9. The number of aryl methyl sites for hydroxylation is 3. The molecule has 0 radical (unpaired) electrons. The standard InChI is InChI=1S/C16H23N3O/c1-6-7-17-15-18-14(20)16(5,19-15)13-11(3)8-10(2)9-12(13)4/h8-9H,6-7H2,1-5H3,(H2,17,18,19,20). The number of amides is 1. The summed E-state index contributed by atoms with van der Waals surface area (Å²) < 4.78 is 0. The molecule has 1 saturated heterocycles. The number of hydrogen-bond donors (Lipinski definition) is 2. The number of nitrogens with zero attached hydrogens (tertiary/aromatic N) is 1. The zero-order valence-electron chi connectivity index (χ0n) is 12.9. The summed E-state index contributed by atoms with van der Waals surface area (Å²) in [4.78, 5) is 16.8. The molecule has 1 amide bonds. The van der Waals surface area contributed by atoms with Crippen molar-refractivity contribution in [1.29, 1.82) is 0 Å². The largest absolute Gasteiger partial charge is 0.338 e. The summed E-state index contributed by atoms with van der Waals surface area (Å²) in [6.45, 7) is 10.9. The Morgan fingerprint density at radius 3 is 2.35 bits per heavy atom. The molecule has 1 aliphatic heterocycles. The Hall–Kier alpha value is -1.84. The molecule has 0 spiro atoms. The van der Waals surface area contributed by atoms with Crippen molar-refractivity contribution in [3.8, 4) is 0 Å². The van der Waals surface area contributed by atoms with E-state index < -0.39 is 5.54 Å². The van der Waals surface area contributed by atoms with Crippen LogP contribution in [0.25, 0.3) is 0 Å². The van der Waals surface area contributed by atoms with Crippen molar-refractivity contribution in [3.63, 3.8) is 0 Å². The van der Waals surface area contributed by atoms with E-state index in [1.54, 1.807) is 0 Å². The van der Waals surface area contributed by atoms with Gasteiger partial charge in [0, 0.05) is 6.54 Å². The lowest BCUT2D eigenvalue weighted by Crippen LogP contribution is -2.42. The summed E-state index contributed by atoms with van der Waals surface area (Å²) >= 11 is 0. The topological polar surface area (TPSA) is 53.5 Å². The Morgan fingerprint density at radius 2 is 1.80 bits per heavy atom. The van der Waals surface area contributed by atoms with Crippen LogP contribution in [0.15, 0.2) is 17.1 Å². The first-order valence-corrected chi connectivity index (χ1v) is 7.11. The summed E-state index contributed by atoms with van der Waals surface area (Å²) in [5.41, 5.74) is 3.77. The molecule has 1 aromatic carbocycles. The summed E-state index contributed by atoms with van der Waals surface area (Å²) in [5, 5.41) is 6.11. The van der Waals surface area contributed by atoms with Gasteiger partial charge < -0.3 is 5.32 Å². The molecule has 108 valence electrons. The van der Waals surface area contributed by atoms with Crippen LogP contribution < -0.4 is 10.6 Å². The molecule has 1 aliphatic rings. The normalized spacial score (nSPS) is 23.9. The van der Waals surface area contributed by atoms with Crippen LogP contribution in [0.2, 0.25) is 0 Å². The molecular weight excluding hydrogens is 250 g/mol. The van der Waals surface area contributed by atoms with Crippen LogP contribution in [0.4, 0.5) is 0 Å². The number of hydrogen-bond acceptors (Lipinski definition) is 2. The first-order chi connectivity index (χ1) is 9.38. The molecule has 1 unspecified atom stereocenters. The summed E-state index contributed by atoms with van der Waals surface area (Å²) in [6, 6.07) is 4.23. The van der Waals surface area contributed by atoms with Gasteiger partial charge in [0.1, 0.15) is 5.54 Å². The van der Waals surface area contributed by atoms with Gasteiger partial charge in [-0.3, -0.25) is 15.1 Å². The zero-order valence-corrected chi connectivity index (χ0v) is 12.9. The molecule has 1 fully saturated rings. The number of benzene rings is 1. The maximum atomic E-state index is 12.4. The van der Waals surface area contributed by atoms with Crippen LogP contribution in [-0.4, -0.2) is 18.4 Å². The van der Waals surface area contributed by atoms with E-state index >= 15 is 0 Å². The van der Waals surface area contributed by atoms with E-state index in [9.17, 15) is 4.79 Å². The SMILES string of the molecule is CCCN=C1NC(=O)C(C)(c2c(C)cc(C)cc2C)N1. The number of aliphatic imine (C=N–C) groups is 1. The quantitative estimate of drug-likeness (QED) is 0.888. The van der Waals surface area contributed by atoms with Crippen LogP contribution >= 0.6 is 0 Å². The fourth-order valence-corrected chi connectivity index (χ4v) is 3.00. The van der Waals surface area contributed by atoms with E-state index in [0.29, 0.717) is 12.5 Å². The third kappa shape index (κ3) is 2.42. The number of carbonyl (C=O) groups is 1. The van der Waals surface area contributed by atoms with Gasteiger partial charge in [0.05, 0.1) is 0 Å². The highest BCUT2D eigenvalue weighted by molar-refractivity contribution is 6.09. The fraction of sp³-hybridized carbons (Fsp3) is 0.500. The molecule has 1 heterocycles. The summed E-state index contributed by atoms with van der Waals surface area (Å²) in [7, 11) is 0. The van der Waals surface area contributed by atoms with Crippen LogP contribution in [0, 0.1) is 20.8 Å². The minimum absolute atomic E-state index is 0.0394. The molecule has 2 N–H and O–H groups in total. The van der Waals surface area contributed by atoms with Crippen molar-refractivity contribution < 1.29 is 4.79 Å². The highest BCUT2D eigenvalue weighted by Gasteiger charge is 2.44. The van der Waals surface area contributed by atoms with Crippen LogP contribution in [-0.2, 0) is 10.3 Å². The van der Waals surface area contributed by atoms with Gasteiger partial charge in [0.2, 0.25) is 0 Å². The van der Waals surface area contributed by atoms with Gasteiger partial charge in [-0.1, -0.05) is 24.6 Å². The van der Waals surface area contributed by atoms with Crippen molar-refractivity contribution in [1.82, 2.24) is 10.6 Å². The Labute approximate surface area is 120 Å². The highest BCUT2D eigenvalue weighted by Crippen LogP contribution is 2.30. The van der Waals surface area contributed by atoms with Crippen LogP contribution in [0.5, 0.6) is 0 Å². The molecule has 4 nitrogen and oxygen atoms in total. The van der Waals surface area contributed by atoms with Crippen LogP contribution in [0.3, 0.4) is 0 Å². The highest BCUT2D eigenvalue weighted by atomic mass is 16.2. The average Bonchev–Trinajstić information content (AvgIpc) is 2.61. The number of guanidine groups is 1. The molecule has 0 bridgehead atoms. The van der Waals surface area contributed by atoms with Gasteiger partial charge in [-0.15, -0.1) is 0 Å². The van der Waals surface area contributed by atoms with Crippen molar-refractivity contribution in [2.45, 2.75) is 46.6 Å². The van der Waals surface area contributed by atoms with Gasteiger partial charge in [-0.2, -0.15) is 0 Å². The maximum absolute atomic E-state index is 12.4. The smallest absolute Gasteiger partial charge is 0.256 e. The second kappa shape index (κ2) is 5.27. The van der Waals surface area contributed by atoms with Gasteiger partial charge in [0.25, 0.3) is 5.91 Å². The third-order valence-electron chi connectivity index (χ3n) is 3.73. The van der Waals surface area contributed by atoms with E-state index in [-0.39, 0.29) is 5.91 Å². The average molecular weight is 273 g/mol. The van der Waals surface area contributed by atoms with Crippen molar-refractivity contribution in [2.24, 2.45) is 4.99 Å². The minimum Gasteiger partial charge on any atom is -0.338 e. The van der Waals surface area contributed by atoms with E-state index in [1.165, 1.54) is 5.56 Å². The third-order valence-corrected chi connectivity index (χ3v) is 3.73. The molecule has 0 saturated carbocycles. The monoisotopic (exact) mass is 273 g/mol. The first kappa shape index (κ1) is 14.6. The maximum Gasteiger partial charge on any atom is 0.256 e. The van der Waals surface area contributed by atoms with Crippen LogP contribution in [0.1, 0.15) is 42.5 Å². The molecule has 4 heteroatoms. The van der Waals surface area contributed by atoms with Crippen molar-refractivity contribution >= 4 is 11.9 Å². The predicted molar refractivity (Wildman–Crippen MR) is 81.9 cm³/mol. The van der Waals surface area contributed by atoms with Crippen molar-refractivity contribution in [3.05, 3.63) is 34.4 Å². The molecule has 1 atom stereocenters.